The first-order chi connectivity index (χ1) is 9.22. The van der Waals surface area contributed by atoms with Crippen LogP contribution in [0, 0.1) is 5.41 Å². The lowest BCUT2D eigenvalue weighted by molar-refractivity contribution is 0.0935. The number of hydrogen-bond donors (Lipinski definition) is 3. The summed E-state index contributed by atoms with van der Waals surface area (Å²) in [7, 11) is 0. The van der Waals surface area contributed by atoms with Crippen molar-refractivity contribution in [2.45, 2.75) is 25.7 Å². The Bertz CT molecular complexity index is 495. The third kappa shape index (κ3) is 2.59. The van der Waals surface area contributed by atoms with Crippen molar-refractivity contribution >= 4 is 11.6 Å². The van der Waals surface area contributed by atoms with Crippen LogP contribution in [0.5, 0.6) is 0 Å². The van der Waals surface area contributed by atoms with E-state index in [1.807, 2.05) is 18.2 Å². The highest BCUT2D eigenvalue weighted by molar-refractivity contribution is 5.95. The molecule has 0 atom stereocenters. The van der Waals surface area contributed by atoms with Crippen molar-refractivity contribution in [1.29, 1.82) is 0 Å². The van der Waals surface area contributed by atoms with Gasteiger partial charge in [-0.15, -0.1) is 0 Å². The van der Waals surface area contributed by atoms with Gasteiger partial charge in [-0.05, 0) is 49.4 Å². The first-order valence-corrected chi connectivity index (χ1v) is 6.98. The summed E-state index contributed by atoms with van der Waals surface area (Å²) in [6, 6.07) is 5.84. The summed E-state index contributed by atoms with van der Waals surface area (Å²) in [5.41, 5.74) is 3.06. The third-order valence-corrected chi connectivity index (χ3v) is 4.22. The summed E-state index contributed by atoms with van der Waals surface area (Å²) in [6.45, 7) is 1.76. The van der Waals surface area contributed by atoms with Gasteiger partial charge in [-0.3, -0.25) is 4.79 Å². The van der Waals surface area contributed by atoms with E-state index in [1.54, 1.807) is 0 Å². The molecule has 0 bridgehead atoms. The van der Waals surface area contributed by atoms with E-state index in [0.717, 1.165) is 43.5 Å². The molecule has 1 heterocycles. The predicted molar refractivity (Wildman–Crippen MR) is 74.3 cm³/mol. The van der Waals surface area contributed by atoms with E-state index < -0.39 is 0 Å². The molecule has 0 radical (unpaired) electrons. The zero-order chi connectivity index (χ0) is 13.3. The van der Waals surface area contributed by atoms with Gasteiger partial charge in [0.15, 0.2) is 0 Å². The molecule has 1 fully saturated rings. The second-order valence-electron chi connectivity index (χ2n) is 5.74. The number of carbonyl (C=O) groups is 1. The number of rotatable bonds is 4. The highest BCUT2D eigenvalue weighted by Gasteiger charge is 2.42. The molecule has 0 spiro atoms. The van der Waals surface area contributed by atoms with E-state index in [0.29, 0.717) is 6.54 Å². The molecule has 0 aromatic heterocycles. The minimum absolute atomic E-state index is 0.0342. The van der Waals surface area contributed by atoms with Crippen LogP contribution < -0.4 is 10.6 Å². The standard InChI is InChI=1S/C15H20N2O2/c18-10-15(5-6-15)9-17-14(19)12-3-4-13-11(8-12)2-1-7-16-13/h3-4,8,16,18H,1-2,5-7,9-10H2,(H,17,19). The minimum atomic E-state index is -0.0363. The van der Waals surface area contributed by atoms with Crippen LogP contribution in [0.4, 0.5) is 5.69 Å². The Morgan fingerprint density at radius 1 is 1.42 bits per heavy atom. The minimum Gasteiger partial charge on any atom is -0.396 e. The van der Waals surface area contributed by atoms with Crippen LogP contribution in [-0.4, -0.2) is 30.7 Å². The van der Waals surface area contributed by atoms with Gasteiger partial charge >= 0.3 is 0 Å². The summed E-state index contributed by atoms with van der Waals surface area (Å²) < 4.78 is 0. The SMILES string of the molecule is O=C(NCC1(CO)CC1)c1ccc2c(c1)CCCN2. The second-order valence-corrected chi connectivity index (χ2v) is 5.74. The molecule has 102 valence electrons. The fourth-order valence-corrected chi connectivity index (χ4v) is 2.55. The molecular formula is C15H20N2O2. The van der Waals surface area contributed by atoms with E-state index in [9.17, 15) is 9.90 Å². The first kappa shape index (κ1) is 12.5. The van der Waals surface area contributed by atoms with Crippen molar-refractivity contribution in [3.05, 3.63) is 29.3 Å². The number of fused-ring (bicyclic) bond motifs is 1. The maximum atomic E-state index is 12.1. The van der Waals surface area contributed by atoms with Crippen LogP contribution in [-0.2, 0) is 6.42 Å². The Kier molecular flexibility index (Phi) is 3.19. The number of nitrogens with one attached hydrogen (secondary N) is 2. The smallest absolute Gasteiger partial charge is 0.251 e. The highest BCUT2D eigenvalue weighted by atomic mass is 16.3. The van der Waals surface area contributed by atoms with Crippen LogP contribution in [0.1, 0.15) is 35.2 Å². The molecule has 4 nitrogen and oxygen atoms in total. The fraction of sp³-hybridized carbons (Fsp3) is 0.533. The Labute approximate surface area is 113 Å². The molecule has 4 heteroatoms. The summed E-state index contributed by atoms with van der Waals surface area (Å²) in [4.78, 5) is 12.1. The summed E-state index contributed by atoms with van der Waals surface area (Å²) in [6.07, 6.45) is 4.17. The van der Waals surface area contributed by atoms with Crippen LogP contribution in [0.25, 0.3) is 0 Å². The highest BCUT2D eigenvalue weighted by Crippen LogP contribution is 2.44. The molecule has 3 rings (SSSR count). The molecule has 2 aliphatic rings. The maximum absolute atomic E-state index is 12.1. The van der Waals surface area contributed by atoms with Gasteiger partial charge in [-0.25, -0.2) is 0 Å². The van der Waals surface area contributed by atoms with E-state index in [-0.39, 0.29) is 17.9 Å². The number of benzene rings is 1. The maximum Gasteiger partial charge on any atom is 0.251 e. The van der Waals surface area contributed by atoms with Crippen molar-refractivity contribution in [2.24, 2.45) is 5.41 Å². The van der Waals surface area contributed by atoms with Gasteiger partial charge < -0.3 is 15.7 Å². The van der Waals surface area contributed by atoms with Crippen molar-refractivity contribution in [3.63, 3.8) is 0 Å². The zero-order valence-electron chi connectivity index (χ0n) is 11.0. The average molecular weight is 260 g/mol. The van der Waals surface area contributed by atoms with Crippen molar-refractivity contribution < 1.29 is 9.90 Å². The Hall–Kier alpha value is -1.55. The normalized spacial score (nSPS) is 19.2. The van der Waals surface area contributed by atoms with Gasteiger partial charge in [-0.1, -0.05) is 0 Å². The zero-order valence-corrected chi connectivity index (χ0v) is 11.0. The van der Waals surface area contributed by atoms with Crippen LogP contribution in [0.2, 0.25) is 0 Å². The lowest BCUT2D eigenvalue weighted by Crippen LogP contribution is -2.32. The molecule has 1 aliphatic carbocycles. The Balaban J connectivity index is 1.66. The molecular weight excluding hydrogens is 240 g/mol. The second kappa shape index (κ2) is 4.85. The Morgan fingerprint density at radius 2 is 2.26 bits per heavy atom. The molecule has 1 saturated carbocycles. The predicted octanol–water partition coefficient (Wildman–Crippen LogP) is 1.55. The van der Waals surface area contributed by atoms with Crippen molar-refractivity contribution in [1.82, 2.24) is 5.32 Å². The van der Waals surface area contributed by atoms with Crippen LogP contribution in [0.15, 0.2) is 18.2 Å². The topological polar surface area (TPSA) is 61.4 Å². The van der Waals surface area contributed by atoms with Gasteiger partial charge in [0.25, 0.3) is 5.91 Å². The van der Waals surface area contributed by atoms with Crippen molar-refractivity contribution in [3.8, 4) is 0 Å². The number of carbonyl (C=O) groups excluding carboxylic acids is 1. The largest absolute Gasteiger partial charge is 0.396 e. The van der Waals surface area contributed by atoms with Gasteiger partial charge in [0.2, 0.25) is 0 Å². The number of anilines is 1. The van der Waals surface area contributed by atoms with Crippen LogP contribution in [0.3, 0.4) is 0 Å². The summed E-state index contributed by atoms with van der Waals surface area (Å²) in [5.74, 6) is -0.0342. The number of hydrogen-bond acceptors (Lipinski definition) is 3. The molecule has 0 unspecified atom stereocenters. The van der Waals surface area contributed by atoms with Crippen molar-refractivity contribution in [2.75, 3.05) is 25.0 Å². The quantitative estimate of drug-likeness (QED) is 0.769. The van der Waals surface area contributed by atoms with Gasteiger partial charge in [0, 0.05) is 29.8 Å². The van der Waals surface area contributed by atoms with E-state index >= 15 is 0 Å². The van der Waals surface area contributed by atoms with Gasteiger partial charge in [0.1, 0.15) is 0 Å². The monoisotopic (exact) mass is 260 g/mol. The summed E-state index contributed by atoms with van der Waals surface area (Å²) in [5, 5.41) is 15.5. The van der Waals surface area contributed by atoms with Gasteiger partial charge in [0.05, 0.1) is 6.61 Å². The number of aryl methyl sites for hydroxylation is 1. The van der Waals surface area contributed by atoms with Gasteiger partial charge in [-0.2, -0.15) is 0 Å². The van der Waals surface area contributed by atoms with Crippen LogP contribution >= 0.6 is 0 Å². The van der Waals surface area contributed by atoms with E-state index in [1.165, 1.54) is 5.56 Å². The molecule has 3 N–H and O–H groups in total. The number of aliphatic hydroxyl groups excluding tert-OH is 1. The molecule has 0 saturated heterocycles. The fourth-order valence-electron chi connectivity index (χ4n) is 2.55. The van der Waals surface area contributed by atoms with E-state index in [4.69, 9.17) is 0 Å². The lowest BCUT2D eigenvalue weighted by atomic mass is 10.0. The first-order valence-electron chi connectivity index (χ1n) is 6.98. The van der Waals surface area contributed by atoms with E-state index in [2.05, 4.69) is 10.6 Å². The molecule has 1 aliphatic heterocycles. The molecule has 1 aromatic rings. The molecule has 1 aromatic carbocycles. The molecule has 19 heavy (non-hydrogen) atoms. The number of aliphatic hydroxyl groups is 1. The average Bonchev–Trinajstić information content (AvgIpc) is 3.25. The third-order valence-electron chi connectivity index (χ3n) is 4.22. The Morgan fingerprint density at radius 3 is 3.00 bits per heavy atom. The lowest BCUT2D eigenvalue weighted by Gasteiger charge is -2.19. The number of amides is 1. The summed E-state index contributed by atoms with van der Waals surface area (Å²) >= 11 is 0. The molecule has 1 amide bonds.